The summed E-state index contributed by atoms with van der Waals surface area (Å²) >= 11 is 0. The molecule has 0 radical (unpaired) electrons. The molecule has 0 N–H and O–H groups in total. The van der Waals surface area contributed by atoms with Gasteiger partial charge in [0.05, 0.1) is 5.75 Å². The van der Waals surface area contributed by atoms with E-state index in [0.29, 0.717) is 12.2 Å². The minimum atomic E-state index is -3.43. The van der Waals surface area contributed by atoms with E-state index in [9.17, 15) is 13.2 Å². The van der Waals surface area contributed by atoms with Gasteiger partial charge in [-0.2, -0.15) is 5.10 Å². The van der Waals surface area contributed by atoms with Crippen molar-refractivity contribution in [3.8, 4) is 0 Å². The highest BCUT2D eigenvalue weighted by molar-refractivity contribution is 7.92. The van der Waals surface area contributed by atoms with E-state index >= 15 is 0 Å². The van der Waals surface area contributed by atoms with Crippen LogP contribution in [0, 0.1) is 0 Å². The third-order valence-corrected chi connectivity index (χ3v) is 5.95. The van der Waals surface area contributed by atoms with Gasteiger partial charge in [0.1, 0.15) is 0 Å². The quantitative estimate of drug-likeness (QED) is 0.807. The summed E-state index contributed by atoms with van der Waals surface area (Å²) in [5, 5.41) is 4.11. The molecule has 1 aromatic rings. The molecule has 1 amide bonds. The van der Waals surface area contributed by atoms with E-state index in [1.165, 1.54) is 11.4 Å². The smallest absolute Gasteiger partial charge is 0.236 e. The number of piperidine rings is 1. The molecule has 1 unspecified atom stereocenters. The van der Waals surface area contributed by atoms with Crippen LogP contribution in [0.3, 0.4) is 0 Å². The van der Waals surface area contributed by atoms with E-state index in [0.717, 1.165) is 25.8 Å². The van der Waals surface area contributed by atoms with Crippen LogP contribution in [-0.4, -0.2) is 54.4 Å². The largest absolute Gasteiger partial charge is 0.340 e. The molecule has 2 heterocycles. The molecule has 0 aliphatic carbocycles. The number of hydrogen-bond acceptors (Lipinski definition) is 4. The Morgan fingerprint density at radius 1 is 1.45 bits per heavy atom. The van der Waals surface area contributed by atoms with E-state index in [4.69, 9.17) is 0 Å². The lowest BCUT2D eigenvalue weighted by Crippen LogP contribution is -2.44. The summed E-state index contributed by atoms with van der Waals surface area (Å²) in [6, 6.07) is 1.69. The molecule has 1 atom stereocenters. The van der Waals surface area contributed by atoms with Crippen molar-refractivity contribution in [3.05, 3.63) is 12.3 Å². The number of carbonyl (C=O) groups is 1. The van der Waals surface area contributed by atoms with Gasteiger partial charge in [-0.3, -0.25) is 13.8 Å². The van der Waals surface area contributed by atoms with E-state index in [2.05, 4.69) is 5.10 Å². The van der Waals surface area contributed by atoms with Gasteiger partial charge in [0.25, 0.3) is 0 Å². The molecule has 0 saturated carbocycles. The average Bonchev–Trinajstić information content (AvgIpc) is 2.91. The number of aryl methyl sites for hydroxylation is 1. The monoisotopic (exact) mass is 328 g/mol. The van der Waals surface area contributed by atoms with Crippen LogP contribution in [0.15, 0.2) is 12.3 Å². The van der Waals surface area contributed by atoms with Crippen LogP contribution >= 0.6 is 0 Å². The zero-order valence-electron chi connectivity index (χ0n) is 13.4. The maximum absolute atomic E-state index is 12.4. The van der Waals surface area contributed by atoms with Crippen LogP contribution in [0.5, 0.6) is 0 Å². The van der Waals surface area contributed by atoms with Crippen LogP contribution in [0.1, 0.15) is 32.6 Å². The van der Waals surface area contributed by atoms with Crippen molar-refractivity contribution >= 4 is 21.7 Å². The van der Waals surface area contributed by atoms with Gasteiger partial charge in [-0.1, -0.05) is 0 Å². The Bertz CT molecular complexity index is 626. The van der Waals surface area contributed by atoms with Crippen LogP contribution in [0.2, 0.25) is 0 Å². The molecule has 7 nitrogen and oxygen atoms in total. The molecule has 8 heteroatoms. The third-order valence-electron chi connectivity index (χ3n) is 4.18. The Morgan fingerprint density at radius 3 is 2.77 bits per heavy atom. The number of hydrogen-bond donors (Lipinski definition) is 0. The number of aromatic nitrogens is 2. The molecule has 0 bridgehead atoms. The fourth-order valence-corrected chi connectivity index (χ4v) is 4.08. The van der Waals surface area contributed by atoms with Crippen molar-refractivity contribution in [1.82, 2.24) is 14.7 Å². The fourth-order valence-electron chi connectivity index (χ4n) is 2.85. The predicted molar refractivity (Wildman–Crippen MR) is 85.0 cm³/mol. The van der Waals surface area contributed by atoms with Crippen molar-refractivity contribution in [2.45, 2.75) is 38.6 Å². The van der Waals surface area contributed by atoms with Crippen LogP contribution in [-0.2, 0) is 21.9 Å². The molecule has 22 heavy (non-hydrogen) atoms. The number of anilines is 1. The molecule has 1 fully saturated rings. The Morgan fingerprint density at radius 2 is 2.18 bits per heavy atom. The second-order valence-electron chi connectivity index (χ2n) is 5.78. The Hall–Kier alpha value is -1.57. The van der Waals surface area contributed by atoms with Crippen LogP contribution in [0.4, 0.5) is 5.82 Å². The molecule has 0 spiro atoms. The summed E-state index contributed by atoms with van der Waals surface area (Å²) in [4.78, 5) is 13.5. The topological polar surface area (TPSA) is 75.5 Å². The van der Waals surface area contributed by atoms with Crippen molar-refractivity contribution in [1.29, 1.82) is 0 Å². The van der Waals surface area contributed by atoms with Gasteiger partial charge in [0.15, 0.2) is 5.82 Å². The first-order valence-electron chi connectivity index (χ1n) is 7.55. The SMILES string of the molecule is CC(=O)N1CCCCC1CCS(=O)(=O)N(C)c1ccn(C)n1. The highest BCUT2D eigenvalue weighted by Gasteiger charge is 2.28. The minimum Gasteiger partial charge on any atom is -0.340 e. The zero-order chi connectivity index (χ0) is 16.3. The zero-order valence-corrected chi connectivity index (χ0v) is 14.2. The van der Waals surface area contributed by atoms with Crippen LogP contribution < -0.4 is 4.31 Å². The number of likely N-dealkylation sites (tertiary alicyclic amines) is 1. The summed E-state index contributed by atoms with van der Waals surface area (Å²) in [5.41, 5.74) is 0. The maximum atomic E-state index is 12.4. The number of amides is 1. The van der Waals surface area contributed by atoms with Crippen molar-refractivity contribution in [2.75, 3.05) is 23.7 Å². The lowest BCUT2D eigenvalue weighted by atomic mass is 10.00. The van der Waals surface area contributed by atoms with Gasteiger partial charge in [-0.25, -0.2) is 8.42 Å². The highest BCUT2D eigenvalue weighted by Crippen LogP contribution is 2.21. The summed E-state index contributed by atoms with van der Waals surface area (Å²) in [5.74, 6) is 0.462. The Kier molecular flexibility index (Phi) is 5.10. The number of sulfonamides is 1. The van der Waals surface area contributed by atoms with E-state index < -0.39 is 10.0 Å². The first-order valence-corrected chi connectivity index (χ1v) is 9.15. The summed E-state index contributed by atoms with van der Waals surface area (Å²) in [6.07, 6.45) is 5.10. The van der Waals surface area contributed by atoms with Crippen molar-refractivity contribution < 1.29 is 13.2 Å². The summed E-state index contributed by atoms with van der Waals surface area (Å²) < 4.78 is 27.7. The first kappa shape index (κ1) is 16.8. The Labute approximate surface area is 131 Å². The van der Waals surface area contributed by atoms with Gasteiger partial charge < -0.3 is 4.90 Å². The van der Waals surface area contributed by atoms with Gasteiger partial charge in [-0.05, 0) is 25.7 Å². The fraction of sp³-hybridized carbons (Fsp3) is 0.714. The van der Waals surface area contributed by atoms with Crippen molar-refractivity contribution in [3.63, 3.8) is 0 Å². The molecule has 1 aromatic heterocycles. The van der Waals surface area contributed by atoms with E-state index in [-0.39, 0.29) is 17.7 Å². The normalized spacial score (nSPS) is 19.2. The molecule has 1 aliphatic rings. The molecular weight excluding hydrogens is 304 g/mol. The van der Waals surface area contributed by atoms with Gasteiger partial charge in [-0.15, -0.1) is 0 Å². The summed E-state index contributed by atoms with van der Waals surface area (Å²) in [6.45, 7) is 2.28. The number of carbonyl (C=O) groups excluding carboxylic acids is 1. The van der Waals surface area contributed by atoms with Gasteiger partial charge in [0.2, 0.25) is 15.9 Å². The molecule has 2 rings (SSSR count). The van der Waals surface area contributed by atoms with E-state index in [1.807, 2.05) is 0 Å². The lowest BCUT2D eigenvalue weighted by Gasteiger charge is -2.35. The standard InChI is InChI=1S/C14H24N4O3S/c1-12(19)18-9-5-4-6-13(18)8-11-22(20,21)17(3)14-7-10-16(2)15-14/h7,10,13H,4-6,8-9,11H2,1-3H3. The van der Waals surface area contributed by atoms with E-state index in [1.54, 1.807) is 35.8 Å². The Balaban J connectivity index is 2.01. The second kappa shape index (κ2) is 6.68. The van der Waals surface area contributed by atoms with Crippen molar-refractivity contribution in [2.24, 2.45) is 7.05 Å². The number of rotatable bonds is 5. The van der Waals surface area contributed by atoms with Gasteiger partial charge >= 0.3 is 0 Å². The highest BCUT2D eigenvalue weighted by atomic mass is 32.2. The molecule has 1 aliphatic heterocycles. The molecular formula is C14H24N4O3S. The number of nitrogens with zero attached hydrogens (tertiary/aromatic N) is 4. The molecule has 124 valence electrons. The molecule has 1 saturated heterocycles. The predicted octanol–water partition coefficient (Wildman–Crippen LogP) is 0.977. The van der Waals surface area contributed by atoms with Gasteiger partial charge in [0, 0.05) is 45.9 Å². The molecule has 0 aromatic carbocycles. The maximum Gasteiger partial charge on any atom is 0.236 e. The minimum absolute atomic E-state index is 0.0223. The lowest BCUT2D eigenvalue weighted by molar-refractivity contribution is -0.132. The first-order chi connectivity index (χ1) is 10.3. The average molecular weight is 328 g/mol. The third kappa shape index (κ3) is 3.79. The summed E-state index contributed by atoms with van der Waals surface area (Å²) in [7, 11) is -0.167. The second-order valence-corrected chi connectivity index (χ2v) is 7.90. The van der Waals surface area contributed by atoms with Crippen LogP contribution in [0.25, 0.3) is 0 Å².